The number of unbranched alkanes of at least 4 members (excludes halogenated alkanes) is 9. The molecule has 0 fully saturated rings. The van der Waals surface area contributed by atoms with Gasteiger partial charge in [-0.1, -0.05) is 95.9 Å². The molecule has 0 spiro atoms. The van der Waals surface area contributed by atoms with Gasteiger partial charge in [0.25, 0.3) is 0 Å². The van der Waals surface area contributed by atoms with Gasteiger partial charge in [-0.25, -0.2) is 4.79 Å². The second kappa shape index (κ2) is 22.2. The minimum absolute atomic E-state index is 0.00822. The van der Waals surface area contributed by atoms with Gasteiger partial charge in [-0.15, -0.1) is 11.6 Å². The summed E-state index contributed by atoms with van der Waals surface area (Å²) in [7, 11) is 0. The van der Waals surface area contributed by atoms with E-state index in [2.05, 4.69) is 16.8 Å². The highest BCUT2D eigenvalue weighted by molar-refractivity contribution is 7.07. The molecule has 0 aliphatic heterocycles. The Morgan fingerprint density at radius 3 is 1.74 bits per heavy atom. The van der Waals surface area contributed by atoms with Crippen LogP contribution in [0.1, 0.15) is 100 Å². The van der Waals surface area contributed by atoms with Crippen molar-refractivity contribution in [3.63, 3.8) is 0 Å². The molecule has 8 heteroatoms. The number of carbonyl (C=O) groups excluding carboxylic acids is 2. The Morgan fingerprint density at radius 2 is 1.18 bits per heavy atom. The van der Waals surface area contributed by atoms with E-state index in [9.17, 15) is 9.59 Å². The lowest BCUT2D eigenvalue weighted by molar-refractivity contribution is -0.134. The molecule has 50 heavy (non-hydrogen) atoms. The summed E-state index contributed by atoms with van der Waals surface area (Å²) in [4.78, 5) is 24.9. The van der Waals surface area contributed by atoms with Crippen molar-refractivity contribution in [3.8, 4) is 28.4 Å². The van der Waals surface area contributed by atoms with Crippen molar-refractivity contribution in [3.05, 3.63) is 101 Å². The van der Waals surface area contributed by atoms with Crippen LogP contribution in [-0.2, 0) is 16.1 Å². The molecular weight excluding hydrogens is 668 g/mol. The Labute approximate surface area is 307 Å². The molecule has 1 heterocycles. The smallest absolute Gasteiger partial charge is 0.343 e. The van der Waals surface area contributed by atoms with Crippen LogP contribution in [0.3, 0.4) is 0 Å². The number of carbonyl (C=O) groups is 2. The van der Waals surface area contributed by atoms with Gasteiger partial charge in [0.2, 0.25) is 0 Å². The number of esters is 2. The fourth-order valence-electron chi connectivity index (χ4n) is 5.37. The zero-order valence-corrected chi connectivity index (χ0v) is 31.0. The highest BCUT2D eigenvalue weighted by atomic mass is 35.5. The van der Waals surface area contributed by atoms with Crippen LogP contribution in [-0.4, -0.2) is 30.5 Å². The minimum Gasteiger partial charge on any atom is -0.494 e. The van der Waals surface area contributed by atoms with Gasteiger partial charge in [-0.2, -0.15) is 11.3 Å². The fraction of sp³-hybridized carbons (Fsp3) is 0.429. The Kier molecular flexibility index (Phi) is 17.4. The number of ether oxygens (including phenoxy) is 4. The first-order chi connectivity index (χ1) is 24.4. The maximum absolute atomic E-state index is 12.7. The third-order valence-corrected chi connectivity index (χ3v) is 10.1. The topological polar surface area (TPSA) is 71.1 Å². The molecular formula is C42H51ClO6S. The molecule has 0 aliphatic rings. The molecule has 3 aromatic carbocycles. The summed E-state index contributed by atoms with van der Waals surface area (Å²) in [6.07, 6.45) is 13.3. The van der Waals surface area contributed by atoms with Crippen LogP contribution in [0, 0.1) is 5.92 Å². The first-order valence-electron chi connectivity index (χ1n) is 18.0. The van der Waals surface area contributed by atoms with Gasteiger partial charge < -0.3 is 18.9 Å². The molecule has 2 atom stereocenters. The van der Waals surface area contributed by atoms with Crippen molar-refractivity contribution < 1.29 is 28.5 Å². The van der Waals surface area contributed by atoms with Crippen LogP contribution >= 0.6 is 22.9 Å². The van der Waals surface area contributed by atoms with Gasteiger partial charge in [0.05, 0.1) is 18.8 Å². The second-order valence-electron chi connectivity index (χ2n) is 12.7. The Balaban J connectivity index is 1.04. The molecule has 0 saturated heterocycles. The maximum atomic E-state index is 12.7. The molecule has 4 aromatic rings. The summed E-state index contributed by atoms with van der Waals surface area (Å²) in [6, 6.07) is 23.8. The highest BCUT2D eigenvalue weighted by Crippen LogP contribution is 2.25. The van der Waals surface area contributed by atoms with E-state index in [1.165, 1.54) is 56.9 Å². The number of rotatable bonds is 23. The van der Waals surface area contributed by atoms with Gasteiger partial charge >= 0.3 is 11.9 Å². The average Bonchev–Trinajstić information content (AvgIpc) is 3.67. The van der Waals surface area contributed by atoms with Gasteiger partial charge in [-0.05, 0) is 101 Å². The van der Waals surface area contributed by atoms with Crippen LogP contribution in [0.2, 0.25) is 0 Å². The van der Waals surface area contributed by atoms with Crippen molar-refractivity contribution in [2.45, 2.75) is 96.5 Å². The molecule has 2 unspecified atom stereocenters. The van der Waals surface area contributed by atoms with Crippen LogP contribution < -0.4 is 14.2 Å². The van der Waals surface area contributed by atoms with Crippen LogP contribution in [0.5, 0.6) is 17.2 Å². The van der Waals surface area contributed by atoms with E-state index in [4.69, 9.17) is 30.5 Å². The van der Waals surface area contributed by atoms with Crippen LogP contribution in [0.15, 0.2) is 89.6 Å². The van der Waals surface area contributed by atoms with Crippen molar-refractivity contribution in [1.82, 2.24) is 0 Å². The highest BCUT2D eigenvalue weighted by Gasteiger charge is 2.23. The third-order valence-electron chi connectivity index (χ3n) is 8.73. The molecule has 0 aliphatic carbocycles. The maximum Gasteiger partial charge on any atom is 0.343 e. The lowest BCUT2D eigenvalue weighted by Gasteiger charge is -2.15. The lowest BCUT2D eigenvalue weighted by atomic mass is 10.0. The quantitative estimate of drug-likeness (QED) is 0.0329. The molecule has 0 N–H and O–H groups in total. The Bertz CT molecular complexity index is 1520. The average molecular weight is 719 g/mol. The van der Waals surface area contributed by atoms with E-state index < -0.39 is 17.3 Å². The molecule has 6 nitrogen and oxygen atoms in total. The van der Waals surface area contributed by atoms with E-state index in [1.807, 2.05) is 50.2 Å². The standard InChI is InChI=1S/C42H51ClO6S/c1-3-32(2)40(43)42(45)49-39-24-22-38(23-25-39)48-41(44)36-16-14-34(15-17-36)35-18-20-37(21-19-35)47-28-13-11-9-7-5-4-6-8-10-12-27-46-30-33-26-29-50-31-33/h14-26,29,31-32,40H,3-13,27-28,30H2,1-2H3. The molecule has 0 radical (unpaired) electrons. The molecule has 1 aromatic heterocycles. The molecule has 0 amide bonds. The van der Waals surface area contributed by atoms with Crippen LogP contribution in [0.25, 0.3) is 11.1 Å². The zero-order valence-electron chi connectivity index (χ0n) is 29.5. The van der Waals surface area contributed by atoms with E-state index in [-0.39, 0.29) is 5.92 Å². The van der Waals surface area contributed by atoms with Gasteiger partial charge in [-0.3, -0.25) is 4.79 Å². The number of hydrogen-bond donors (Lipinski definition) is 0. The predicted molar refractivity (Wildman–Crippen MR) is 204 cm³/mol. The molecule has 268 valence electrons. The summed E-state index contributed by atoms with van der Waals surface area (Å²) in [5.74, 6) is 0.599. The largest absolute Gasteiger partial charge is 0.494 e. The normalized spacial score (nSPS) is 12.3. The monoisotopic (exact) mass is 718 g/mol. The number of thiophene rings is 1. The van der Waals surface area contributed by atoms with Crippen LogP contribution in [0.4, 0.5) is 0 Å². The number of hydrogen-bond acceptors (Lipinski definition) is 7. The summed E-state index contributed by atoms with van der Waals surface area (Å²) in [5, 5.41) is 3.53. The second-order valence-corrected chi connectivity index (χ2v) is 14.0. The van der Waals surface area contributed by atoms with Crippen molar-refractivity contribution in [2.24, 2.45) is 5.92 Å². The van der Waals surface area contributed by atoms with E-state index in [0.29, 0.717) is 17.1 Å². The van der Waals surface area contributed by atoms with Crippen molar-refractivity contribution >= 4 is 34.9 Å². The minimum atomic E-state index is -0.716. The zero-order chi connectivity index (χ0) is 35.4. The number of halogens is 1. The predicted octanol–water partition coefficient (Wildman–Crippen LogP) is 11.7. The van der Waals surface area contributed by atoms with Crippen molar-refractivity contribution in [1.29, 1.82) is 0 Å². The van der Waals surface area contributed by atoms with Gasteiger partial charge in [0.1, 0.15) is 22.6 Å². The summed E-state index contributed by atoms with van der Waals surface area (Å²) in [6.45, 7) is 6.21. The Morgan fingerprint density at radius 1 is 0.660 bits per heavy atom. The van der Waals surface area contributed by atoms with E-state index >= 15 is 0 Å². The lowest BCUT2D eigenvalue weighted by Crippen LogP contribution is -2.26. The molecule has 0 saturated carbocycles. The van der Waals surface area contributed by atoms with E-state index in [1.54, 1.807) is 47.7 Å². The van der Waals surface area contributed by atoms with Gasteiger partial charge in [0, 0.05) is 6.61 Å². The molecule has 4 rings (SSSR count). The summed E-state index contributed by atoms with van der Waals surface area (Å²) in [5.41, 5.74) is 3.75. The molecule has 0 bridgehead atoms. The SMILES string of the molecule is CCC(C)C(Cl)C(=O)Oc1ccc(OC(=O)c2ccc(-c3ccc(OCCCCCCCCCCCCOCc4ccsc4)cc3)cc2)cc1. The third kappa shape index (κ3) is 13.9. The summed E-state index contributed by atoms with van der Waals surface area (Å²) < 4.78 is 22.6. The number of benzene rings is 3. The number of alkyl halides is 1. The van der Waals surface area contributed by atoms with E-state index in [0.717, 1.165) is 56.0 Å². The summed E-state index contributed by atoms with van der Waals surface area (Å²) >= 11 is 7.90. The Hall–Kier alpha value is -3.65. The first-order valence-corrected chi connectivity index (χ1v) is 19.4. The van der Waals surface area contributed by atoms with Crippen molar-refractivity contribution in [2.75, 3.05) is 13.2 Å². The van der Waals surface area contributed by atoms with Gasteiger partial charge in [0.15, 0.2) is 0 Å². The fourth-order valence-corrected chi connectivity index (χ4v) is 6.25. The first kappa shape index (κ1) is 39.1.